The molecule has 4 amide bonds. The summed E-state index contributed by atoms with van der Waals surface area (Å²) >= 11 is 0. The van der Waals surface area contributed by atoms with Crippen LogP contribution in [0.5, 0.6) is 0 Å². The van der Waals surface area contributed by atoms with Crippen molar-refractivity contribution in [2.45, 2.75) is 19.9 Å². The summed E-state index contributed by atoms with van der Waals surface area (Å²) in [6.45, 7) is 3.79. The van der Waals surface area contributed by atoms with Crippen molar-refractivity contribution < 1.29 is 9.59 Å². The molecule has 0 fully saturated rings. The van der Waals surface area contributed by atoms with Crippen LogP contribution in [0.2, 0.25) is 0 Å². The van der Waals surface area contributed by atoms with Gasteiger partial charge in [-0.1, -0.05) is 0 Å². The molecule has 0 aromatic carbocycles. The fourth-order valence-electron chi connectivity index (χ4n) is 0.839. The summed E-state index contributed by atoms with van der Waals surface area (Å²) in [4.78, 5) is 27.0. The molecule has 0 aliphatic rings. The van der Waals surface area contributed by atoms with E-state index < -0.39 is 0 Å². The molecule has 0 heterocycles. The van der Waals surface area contributed by atoms with Gasteiger partial charge in [0.2, 0.25) is 0 Å². The molecule has 0 radical (unpaired) electrons. The largest absolute Gasteiger partial charge is 0.330 e. The topological polar surface area (TPSA) is 43.9 Å². The van der Waals surface area contributed by atoms with E-state index >= 15 is 0 Å². The van der Waals surface area contributed by atoms with Crippen molar-refractivity contribution in [2.75, 3.05) is 28.2 Å². The molecular weight excluding hydrogens is 182 g/mol. The van der Waals surface area contributed by atoms with Gasteiger partial charge in [-0.05, 0) is 13.8 Å². The third-order valence-electron chi connectivity index (χ3n) is 2.03. The van der Waals surface area contributed by atoms with Crippen LogP contribution in [0.25, 0.3) is 0 Å². The molecule has 0 aromatic heterocycles. The van der Waals surface area contributed by atoms with Crippen molar-refractivity contribution in [3.63, 3.8) is 0 Å². The molecule has 5 heteroatoms. The van der Waals surface area contributed by atoms with Crippen LogP contribution in [-0.2, 0) is 0 Å². The van der Waals surface area contributed by atoms with E-state index in [4.69, 9.17) is 0 Å². The molecule has 82 valence electrons. The van der Waals surface area contributed by atoms with Crippen molar-refractivity contribution in [3.8, 4) is 0 Å². The van der Waals surface area contributed by atoms with Gasteiger partial charge in [-0.25, -0.2) is 14.5 Å². The number of carbonyl (C=O) groups excluding carboxylic acids is 2. The SMILES string of the molecule is CC(C)N(C)C(=O)N(C)C(=O)N(C)C. The minimum Gasteiger partial charge on any atom is -0.330 e. The highest BCUT2D eigenvalue weighted by atomic mass is 16.2. The number of hydrogen-bond acceptors (Lipinski definition) is 2. The van der Waals surface area contributed by atoms with Crippen LogP contribution in [0, 0.1) is 0 Å². The van der Waals surface area contributed by atoms with Crippen molar-refractivity contribution in [3.05, 3.63) is 0 Å². The predicted octanol–water partition coefficient (Wildman–Crippen LogP) is 1.06. The van der Waals surface area contributed by atoms with Gasteiger partial charge in [0, 0.05) is 34.2 Å². The van der Waals surface area contributed by atoms with E-state index in [2.05, 4.69) is 0 Å². The van der Waals surface area contributed by atoms with Crippen LogP contribution in [0.15, 0.2) is 0 Å². The monoisotopic (exact) mass is 201 g/mol. The number of nitrogens with zero attached hydrogens (tertiary/aromatic N) is 3. The van der Waals surface area contributed by atoms with Gasteiger partial charge in [0.25, 0.3) is 0 Å². The van der Waals surface area contributed by atoms with Gasteiger partial charge < -0.3 is 9.80 Å². The number of urea groups is 2. The van der Waals surface area contributed by atoms with Gasteiger partial charge in [0.1, 0.15) is 0 Å². The lowest BCUT2D eigenvalue weighted by Crippen LogP contribution is -2.48. The second kappa shape index (κ2) is 4.83. The lowest BCUT2D eigenvalue weighted by atomic mass is 10.3. The van der Waals surface area contributed by atoms with Crippen LogP contribution in [0.3, 0.4) is 0 Å². The molecule has 0 unspecified atom stereocenters. The predicted molar refractivity (Wildman–Crippen MR) is 55.1 cm³/mol. The zero-order valence-electron chi connectivity index (χ0n) is 9.74. The Kier molecular flexibility index (Phi) is 4.40. The molecule has 0 aliphatic carbocycles. The summed E-state index contributed by atoms with van der Waals surface area (Å²) in [7, 11) is 6.37. The van der Waals surface area contributed by atoms with Crippen LogP contribution < -0.4 is 0 Å². The second-order valence-electron chi connectivity index (χ2n) is 3.72. The molecule has 0 rings (SSSR count). The van der Waals surface area contributed by atoms with Gasteiger partial charge in [-0.3, -0.25) is 0 Å². The van der Waals surface area contributed by atoms with Gasteiger partial charge in [-0.15, -0.1) is 0 Å². The lowest BCUT2D eigenvalue weighted by Gasteiger charge is -2.28. The highest BCUT2D eigenvalue weighted by molar-refractivity contribution is 5.92. The maximum Gasteiger partial charge on any atom is 0.327 e. The Morgan fingerprint density at radius 1 is 0.929 bits per heavy atom. The Bertz CT molecular complexity index is 226. The first kappa shape index (κ1) is 12.7. The van der Waals surface area contributed by atoms with E-state index in [-0.39, 0.29) is 18.1 Å². The molecule has 0 saturated carbocycles. The Labute approximate surface area is 85.3 Å². The maximum absolute atomic E-state index is 11.6. The van der Waals surface area contributed by atoms with E-state index in [0.717, 1.165) is 4.90 Å². The third-order valence-corrected chi connectivity index (χ3v) is 2.03. The van der Waals surface area contributed by atoms with Crippen molar-refractivity contribution >= 4 is 12.1 Å². The molecule has 0 atom stereocenters. The van der Waals surface area contributed by atoms with E-state index in [1.807, 2.05) is 13.8 Å². The summed E-state index contributed by atoms with van der Waals surface area (Å²) in [6, 6.07) is -0.527. The number of rotatable bonds is 1. The highest BCUT2D eigenvalue weighted by Crippen LogP contribution is 2.01. The number of hydrogen-bond donors (Lipinski definition) is 0. The van der Waals surface area contributed by atoms with Crippen molar-refractivity contribution in [2.24, 2.45) is 0 Å². The first-order valence-corrected chi connectivity index (χ1v) is 4.50. The average Bonchev–Trinajstić information content (AvgIpc) is 2.12. The summed E-state index contributed by atoms with van der Waals surface area (Å²) in [5.41, 5.74) is 0. The molecule has 0 aliphatic heterocycles. The molecule has 5 nitrogen and oxygen atoms in total. The van der Waals surface area contributed by atoms with Crippen LogP contribution >= 0.6 is 0 Å². The maximum atomic E-state index is 11.6. The summed E-state index contributed by atoms with van der Waals surface area (Å²) in [5, 5.41) is 0. The van der Waals surface area contributed by atoms with E-state index in [1.165, 1.54) is 16.8 Å². The minimum atomic E-state index is -0.317. The zero-order chi connectivity index (χ0) is 11.5. The fraction of sp³-hybridized carbons (Fsp3) is 0.778. The van der Waals surface area contributed by atoms with E-state index in [9.17, 15) is 9.59 Å². The fourth-order valence-corrected chi connectivity index (χ4v) is 0.839. The summed E-state index contributed by atoms with van der Waals surface area (Å²) < 4.78 is 0. The first-order chi connectivity index (χ1) is 6.29. The van der Waals surface area contributed by atoms with Crippen molar-refractivity contribution in [1.82, 2.24) is 14.7 Å². The normalized spacial score (nSPS) is 9.93. The molecule has 0 aromatic rings. The quantitative estimate of drug-likeness (QED) is 0.636. The Morgan fingerprint density at radius 3 is 1.64 bits per heavy atom. The second-order valence-corrected chi connectivity index (χ2v) is 3.72. The lowest BCUT2D eigenvalue weighted by molar-refractivity contribution is 0.151. The Morgan fingerprint density at radius 2 is 1.36 bits per heavy atom. The third kappa shape index (κ3) is 2.90. The van der Waals surface area contributed by atoms with Gasteiger partial charge in [0.15, 0.2) is 0 Å². The summed E-state index contributed by atoms with van der Waals surface area (Å²) in [6.07, 6.45) is 0. The molecule has 0 N–H and O–H groups in total. The van der Waals surface area contributed by atoms with Gasteiger partial charge in [-0.2, -0.15) is 0 Å². The molecule has 0 spiro atoms. The first-order valence-electron chi connectivity index (χ1n) is 4.50. The highest BCUT2D eigenvalue weighted by Gasteiger charge is 2.22. The van der Waals surface area contributed by atoms with E-state index in [0.29, 0.717) is 0 Å². The Balaban J connectivity index is 4.47. The van der Waals surface area contributed by atoms with Crippen LogP contribution in [0.1, 0.15) is 13.8 Å². The van der Waals surface area contributed by atoms with E-state index in [1.54, 1.807) is 21.1 Å². The smallest absolute Gasteiger partial charge is 0.327 e. The number of carbonyl (C=O) groups is 2. The minimum absolute atomic E-state index is 0.0833. The molecular formula is C9H19N3O2. The molecule has 0 bridgehead atoms. The average molecular weight is 201 g/mol. The van der Waals surface area contributed by atoms with Crippen molar-refractivity contribution in [1.29, 1.82) is 0 Å². The molecule has 14 heavy (non-hydrogen) atoms. The zero-order valence-corrected chi connectivity index (χ0v) is 9.74. The Hall–Kier alpha value is -1.26. The van der Waals surface area contributed by atoms with Gasteiger partial charge in [0.05, 0.1) is 0 Å². The molecule has 0 saturated heterocycles. The number of amides is 4. The van der Waals surface area contributed by atoms with Crippen LogP contribution in [0.4, 0.5) is 9.59 Å². The standard InChI is InChI=1S/C9H19N3O2/c1-7(2)11(5)9(14)12(6)8(13)10(3)4/h7H,1-6H3. The van der Waals surface area contributed by atoms with Crippen LogP contribution in [-0.4, -0.2) is 61.0 Å². The number of imide groups is 1. The summed E-state index contributed by atoms with van der Waals surface area (Å²) in [5.74, 6) is 0. The van der Waals surface area contributed by atoms with Gasteiger partial charge >= 0.3 is 12.1 Å².